The van der Waals surface area contributed by atoms with Gasteiger partial charge in [-0.05, 0) is 19.1 Å². The lowest BCUT2D eigenvalue weighted by molar-refractivity contribution is 0.222. The number of hydrogen-bond acceptors (Lipinski definition) is 2. The Balaban J connectivity index is 2.07. The summed E-state index contributed by atoms with van der Waals surface area (Å²) in [6, 6.07) is 0.485. The van der Waals surface area contributed by atoms with Gasteiger partial charge in [-0.3, -0.25) is 4.99 Å². The lowest BCUT2D eigenvalue weighted by Crippen LogP contribution is -2.57. The molecular formula is C7H11N3O. The first-order valence-corrected chi connectivity index (χ1v) is 3.92. The van der Waals surface area contributed by atoms with Crippen molar-refractivity contribution in [1.82, 2.24) is 10.6 Å². The van der Waals surface area contributed by atoms with Crippen molar-refractivity contribution in [3.63, 3.8) is 0 Å². The maximum Gasteiger partial charge on any atom is 0.315 e. The Morgan fingerprint density at radius 2 is 2.55 bits per heavy atom. The van der Waals surface area contributed by atoms with Crippen LogP contribution in [0.5, 0.6) is 0 Å². The van der Waals surface area contributed by atoms with Gasteiger partial charge in [0.2, 0.25) is 0 Å². The van der Waals surface area contributed by atoms with Crippen LogP contribution in [-0.2, 0) is 0 Å². The van der Waals surface area contributed by atoms with Gasteiger partial charge in [-0.25, -0.2) is 4.79 Å². The number of amides is 2. The second-order valence-corrected chi connectivity index (χ2v) is 2.94. The van der Waals surface area contributed by atoms with Crippen molar-refractivity contribution in [1.29, 1.82) is 0 Å². The molecule has 1 saturated heterocycles. The summed E-state index contributed by atoms with van der Waals surface area (Å²) in [7, 11) is 0. The number of rotatable bonds is 0. The standard InChI is InChI=1S/C7H11N3O/c11-7-9-4-6-5(10-7)2-1-3-8-6/h3,5-6H,1-2,4H2,(H2,9,10,11). The first-order valence-electron chi connectivity index (χ1n) is 3.92. The number of carbonyl (C=O) groups excluding carboxylic acids is 1. The fourth-order valence-electron chi connectivity index (χ4n) is 1.54. The zero-order valence-corrected chi connectivity index (χ0v) is 6.21. The number of carbonyl (C=O) groups is 1. The zero-order valence-electron chi connectivity index (χ0n) is 6.21. The van der Waals surface area contributed by atoms with E-state index in [2.05, 4.69) is 15.6 Å². The molecule has 2 amide bonds. The zero-order chi connectivity index (χ0) is 7.68. The Kier molecular flexibility index (Phi) is 1.52. The van der Waals surface area contributed by atoms with Crippen LogP contribution in [-0.4, -0.2) is 30.9 Å². The van der Waals surface area contributed by atoms with Crippen LogP contribution in [0.3, 0.4) is 0 Å². The number of aliphatic imine (C=N–C) groups is 1. The third kappa shape index (κ3) is 1.20. The predicted octanol–water partition coefficient (Wildman–Crippen LogP) is -0.0990. The Labute approximate surface area is 65.1 Å². The van der Waals surface area contributed by atoms with Crippen LogP contribution in [0.1, 0.15) is 12.8 Å². The van der Waals surface area contributed by atoms with E-state index in [0.717, 1.165) is 12.8 Å². The maximum atomic E-state index is 10.8. The fraction of sp³-hybridized carbons (Fsp3) is 0.714. The van der Waals surface area contributed by atoms with E-state index < -0.39 is 0 Å². The van der Waals surface area contributed by atoms with Gasteiger partial charge in [0.15, 0.2) is 0 Å². The van der Waals surface area contributed by atoms with E-state index in [1.807, 2.05) is 6.21 Å². The molecule has 0 spiro atoms. The Morgan fingerprint density at radius 3 is 3.45 bits per heavy atom. The number of hydrogen-bond donors (Lipinski definition) is 2. The Morgan fingerprint density at radius 1 is 1.64 bits per heavy atom. The highest BCUT2D eigenvalue weighted by molar-refractivity contribution is 5.76. The predicted molar refractivity (Wildman–Crippen MR) is 41.8 cm³/mol. The smallest absolute Gasteiger partial charge is 0.315 e. The van der Waals surface area contributed by atoms with Crippen molar-refractivity contribution in [3.8, 4) is 0 Å². The van der Waals surface area contributed by atoms with E-state index in [0.29, 0.717) is 6.54 Å². The second-order valence-electron chi connectivity index (χ2n) is 2.94. The normalized spacial score (nSPS) is 35.5. The van der Waals surface area contributed by atoms with Crippen LogP contribution in [0.25, 0.3) is 0 Å². The van der Waals surface area contributed by atoms with Crippen molar-refractivity contribution in [3.05, 3.63) is 0 Å². The molecule has 0 bridgehead atoms. The summed E-state index contributed by atoms with van der Waals surface area (Å²) in [6.45, 7) is 0.688. The minimum atomic E-state index is -0.0525. The van der Waals surface area contributed by atoms with Crippen molar-refractivity contribution in [2.75, 3.05) is 6.54 Å². The largest absolute Gasteiger partial charge is 0.336 e. The number of nitrogens with one attached hydrogen (secondary N) is 2. The summed E-state index contributed by atoms with van der Waals surface area (Å²) in [5.41, 5.74) is 0. The first-order chi connectivity index (χ1) is 5.36. The maximum absolute atomic E-state index is 10.8. The average Bonchev–Trinajstić information content (AvgIpc) is 2.04. The van der Waals surface area contributed by atoms with E-state index in [1.54, 1.807) is 0 Å². The summed E-state index contributed by atoms with van der Waals surface area (Å²) in [5.74, 6) is 0. The lowest BCUT2D eigenvalue weighted by Gasteiger charge is -2.32. The molecule has 0 aromatic rings. The molecule has 0 aromatic heterocycles. The fourth-order valence-corrected chi connectivity index (χ4v) is 1.54. The highest BCUT2D eigenvalue weighted by atomic mass is 16.2. The van der Waals surface area contributed by atoms with E-state index in [-0.39, 0.29) is 18.1 Å². The molecule has 2 aliphatic rings. The highest BCUT2D eigenvalue weighted by Crippen LogP contribution is 2.12. The van der Waals surface area contributed by atoms with Gasteiger partial charge in [-0.1, -0.05) is 0 Å². The van der Waals surface area contributed by atoms with Crippen LogP contribution >= 0.6 is 0 Å². The SMILES string of the molecule is O=C1NCC2N=CCCC2N1. The molecule has 0 aliphatic carbocycles. The number of fused-ring (bicyclic) bond motifs is 1. The van der Waals surface area contributed by atoms with Crippen molar-refractivity contribution in [2.24, 2.45) is 4.99 Å². The molecule has 2 aliphatic heterocycles. The molecule has 4 nitrogen and oxygen atoms in total. The molecule has 0 saturated carbocycles. The third-order valence-electron chi connectivity index (χ3n) is 2.16. The summed E-state index contributed by atoms with van der Waals surface area (Å²) < 4.78 is 0. The second kappa shape index (κ2) is 2.53. The van der Waals surface area contributed by atoms with E-state index in [1.165, 1.54) is 0 Å². The van der Waals surface area contributed by atoms with Crippen LogP contribution in [0, 0.1) is 0 Å². The Hall–Kier alpha value is -1.06. The first kappa shape index (κ1) is 6.64. The topological polar surface area (TPSA) is 53.5 Å². The minimum absolute atomic E-state index is 0.0525. The molecule has 11 heavy (non-hydrogen) atoms. The van der Waals surface area contributed by atoms with Gasteiger partial charge >= 0.3 is 6.03 Å². The van der Waals surface area contributed by atoms with Crippen LogP contribution in [0.15, 0.2) is 4.99 Å². The molecule has 2 unspecified atom stereocenters. The minimum Gasteiger partial charge on any atom is -0.336 e. The van der Waals surface area contributed by atoms with Gasteiger partial charge in [0, 0.05) is 6.54 Å². The number of nitrogens with zero attached hydrogens (tertiary/aromatic N) is 1. The molecule has 0 radical (unpaired) electrons. The van der Waals surface area contributed by atoms with Crippen molar-refractivity contribution >= 4 is 12.2 Å². The van der Waals surface area contributed by atoms with E-state index in [9.17, 15) is 4.79 Å². The van der Waals surface area contributed by atoms with E-state index in [4.69, 9.17) is 0 Å². The quantitative estimate of drug-likeness (QED) is 0.501. The summed E-state index contributed by atoms with van der Waals surface area (Å²) in [4.78, 5) is 15.1. The molecule has 2 heterocycles. The highest BCUT2D eigenvalue weighted by Gasteiger charge is 2.28. The van der Waals surface area contributed by atoms with Gasteiger partial charge < -0.3 is 10.6 Å². The average molecular weight is 153 g/mol. The molecule has 60 valence electrons. The summed E-state index contributed by atoms with van der Waals surface area (Å²) in [6.07, 6.45) is 3.96. The lowest BCUT2D eigenvalue weighted by atomic mass is 9.99. The molecule has 4 heteroatoms. The molecule has 2 rings (SSSR count). The number of urea groups is 1. The molecule has 2 N–H and O–H groups in total. The van der Waals surface area contributed by atoms with Gasteiger partial charge in [-0.2, -0.15) is 0 Å². The van der Waals surface area contributed by atoms with Gasteiger partial charge in [-0.15, -0.1) is 0 Å². The van der Waals surface area contributed by atoms with Crippen molar-refractivity contribution < 1.29 is 4.79 Å². The van der Waals surface area contributed by atoms with E-state index >= 15 is 0 Å². The molecule has 0 aromatic carbocycles. The van der Waals surface area contributed by atoms with Gasteiger partial charge in [0.25, 0.3) is 0 Å². The van der Waals surface area contributed by atoms with Crippen LogP contribution in [0.4, 0.5) is 4.79 Å². The van der Waals surface area contributed by atoms with Crippen LogP contribution < -0.4 is 10.6 Å². The van der Waals surface area contributed by atoms with Gasteiger partial charge in [0.05, 0.1) is 12.1 Å². The molecular weight excluding hydrogens is 142 g/mol. The monoisotopic (exact) mass is 153 g/mol. The third-order valence-corrected chi connectivity index (χ3v) is 2.16. The van der Waals surface area contributed by atoms with Crippen molar-refractivity contribution in [2.45, 2.75) is 24.9 Å². The Bertz CT molecular complexity index is 202. The summed E-state index contributed by atoms with van der Waals surface area (Å²) in [5, 5.41) is 5.57. The van der Waals surface area contributed by atoms with Gasteiger partial charge in [0.1, 0.15) is 0 Å². The van der Waals surface area contributed by atoms with Crippen LogP contribution in [0.2, 0.25) is 0 Å². The molecule has 1 fully saturated rings. The molecule has 2 atom stereocenters. The summed E-state index contributed by atoms with van der Waals surface area (Å²) >= 11 is 0.